The van der Waals surface area contributed by atoms with Crippen LogP contribution in [0.25, 0.3) is 6.08 Å². The Balaban J connectivity index is 3.10. The van der Waals surface area contributed by atoms with Crippen molar-refractivity contribution in [2.45, 2.75) is 6.92 Å². The Morgan fingerprint density at radius 1 is 1.31 bits per heavy atom. The SMILES string of the molecule is CC(=O)/C(=C/c1ccc(C#N)cc1)C(=O)O. The van der Waals surface area contributed by atoms with Crippen molar-refractivity contribution in [3.8, 4) is 6.07 Å². The number of nitriles is 1. The Labute approximate surface area is 92.4 Å². The highest BCUT2D eigenvalue weighted by molar-refractivity contribution is 6.19. The van der Waals surface area contributed by atoms with E-state index in [-0.39, 0.29) is 5.57 Å². The first-order valence-electron chi connectivity index (χ1n) is 4.50. The number of rotatable bonds is 3. The van der Waals surface area contributed by atoms with Crippen LogP contribution in [0.15, 0.2) is 29.8 Å². The molecule has 0 saturated heterocycles. The van der Waals surface area contributed by atoms with Gasteiger partial charge in [0.25, 0.3) is 0 Å². The largest absolute Gasteiger partial charge is 0.478 e. The van der Waals surface area contributed by atoms with Crippen molar-refractivity contribution in [3.63, 3.8) is 0 Å². The first kappa shape index (κ1) is 11.7. The minimum absolute atomic E-state index is 0.273. The van der Waals surface area contributed by atoms with E-state index >= 15 is 0 Å². The number of nitrogens with zero attached hydrogens (tertiary/aromatic N) is 1. The Hall–Kier alpha value is -2.41. The lowest BCUT2D eigenvalue weighted by Gasteiger charge is -1.97. The molecule has 1 rings (SSSR count). The van der Waals surface area contributed by atoms with Gasteiger partial charge in [0, 0.05) is 0 Å². The van der Waals surface area contributed by atoms with Gasteiger partial charge in [-0.25, -0.2) is 4.79 Å². The van der Waals surface area contributed by atoms with Gasteiger partial charge in [-0.2, -0.15) is 5.26 Å². The standard InChI is InChI=1S/C12H9NO3/c1-8(14)11(12(15)16)6-9-2-4-10(7-13)5-3-9/h2-6H,1H3,(H,15,16)/b11-6-. The predicted octanol–water partition coefficient (Wildman–Crippen LogP) is 1.62. The number of carboxylic acids is 1. The van der Waals surface area contributed by atoms with Crippen LogP contribution in [0.4, 0.5) is 0 Å². The highest BCUT2D eigenvalue weighted by Crippen LogP contribution is 2.09. The lowest BCUT2D eigenvalue weighted by Crippen LogP contribution is -2.08. The van der Waals surface area contributed by atoms with Crippen LogP contribution in [0.5, 0.6) is 0 Å². The molecule has 4 heteroatoms. The highest BCUT2D eigenvalue weighted by atomic mass is 16.4. The summed E-state index contributed by atoms with van der Waals surface area (Å²) in [4.78, 5) is 21.7. The van der Waals surface area contributed by atoms with Crippen molar-refractivity contribution in [3.05, 3.63) is 41.0 Å². The topological polar surface area (TPSA) is 78.2 Å². The molecule has 0 unspecified atom stereocenters. The first-order chi connectivity index (χ1) is 7.54. The smallest absolute Gasteiger partial charge is 0.339 e. The summed E-state index contributed by atoms with van der Waals surface area (Å²) in [6, 6.07) is 8.25. The maximum Gasteiger partial charge on any atom is 0.339 e. The van der Waals surface area contributed by atoms with E-state index in [4.69, 9.17) is 10.4 Å². The summed E-state index contributed by atoms with van der Waals surface area (Å²) in [7, 11) is 0. The molecule has 0 bridgehead atoms. The van der Waals surface area contributed by atoms with Crippen LogP contribution in [0.1, 0.15) is 18.1 Å². The van der Waals surface area contributed by atoms with E-state index in [0.717, 1.165) is 0 Å². The van der Waals surface area contributed by atoms with Crippen LogP contribution in [0.2, 0.25) is 0 Å². The van der Waals surface area contributed by atoms with Crippen LogP contribution < -0.4 is 0 Å². The van der Waals surface area contributed by atoms with Crippen molar-refractivity contribution in [1.29, 1.82) is 5.26 Å². The fourth-order valence-electron chi connectivity index (χ4n) is 1.13. The van der Waals surface area contributed by atoms with Gasteiger partial charge >= 0.3 is 5.97 Å². The Morgan fingerprint density at radius 2 is 1.88 bits per heavy atom. The van der Waals surface area contributed by atoms with E-state index < -0.39 is 11.8 Å². The van der Waals surface area contributed by atoms with Crippen LogP contribution in [-0.2, 0) is 9.59 Å². The summed E-state index contributed by atoms with van der Waals surface area (Å²) in [5.74, 6) is -1.76. The monoisotopic (exact) mass is 215 g/mol. The normalized spacial score (nSPS) is 10.6. The quantitative estimate of drug-likeness (QED) is 0.472. The zero-order valence-corrected chi connectivity index (χ0v) is 8.60. The minimum Gasteiger partial charge on any atom is -0.478 e. The maximum atomic E-state index is 11.0. The van der Waals surface area contributed by atoms with E-state index in [2.05, 4.69) is 0 Å². The maximum absolute atomic E-state index is 11.0. The van der Waals surface area contributed by atoms with Gasteiger partial charge in [0.1, 0.15) is 5.57 Å². The second-order valence-electron chi connectivity index (χ2n) is 3.15. The van der Waals surface area contributed by atoms with Gasteiger partial charge in [-0.05, 0) is 30.7 Å². The molecule has 0 heterocycles. The van der Waals surface area contributed by atoms with Crippen molar-refractivity contribution in [2.75, 3.05) is 0 Å². The van der Waals surface area contributed by atoms with Gasteiger partial charge in [-0.15, -0.1) is 0 Å². The van der Waals surface area contributed by atoms with Crippen LogP contribution >= 0.6 is 0 Å². The van der Waals surface area contributed by atoms with Gasteiger partial charge < -0.3 is 5.11 Å². The van der Waals surface area contributed by atoms with E-state index in [9.17, 15) is 9.59 Å². The van der Waals surface area contributed by atoms with E-state index in [1.807, 2.05) is 6.07 Å². The molecule has 0 aliphatic carbocycles. The average Bonchev–Trinajstić information content (AvgIpc) is 2.25. The lowest BCUT2D eigenvalue weighted by molar-refractivity contribution is -0.134. The molecule has 4 nitrogen and oxygen atoms in total. The van der Waals surface area contributed by atoms with Gasteiger partial charge in [-0.3, -0.25) is 4.79 Å². The second-order valence-corrected chi connectivity index (χ2v) is 3.15. The number of ketones is 1. The van der Waals surface area contributed by atoms with E-state index in [1.54, 1.807) is 24.3 Å². The lowest BCUT2D eigenvalue weighted by atomic mass is 10.1. The number of hydrogen-bond acceptors (Lipinski definition) is 3. The molecule has 0 radical (unpaired) electrons. The summed E-state index contributed by atoms with van der Waals surface area (Å²) < 4.78 is 0. The van der Waals surface area contributed by atoms with Crippen molar-refractivity contribution >= 4 is 17.8 Å². The van der Waals surface area contributed by atoms with Crippen LogP contribution in [-0.4, -0.2) is 16.9 Å². The van der Waals surface area contributed by atoms with Crippen LogP contribution in [0, 0.1) is 11.3 Å². The first-order valence-corrected chi connectivity index (χ1v) is 4.50. The summed E-state index contributed by atoms with van der Waals surface area (Å²) in [6.07, 6.45) is 1.28. The molecular formula is C12H9NO3. The fraction of sp³-hybridized carbons (Fsp3) is 0.0833. The van der Waals surface area contributed by atoms with E-state index in [0.29, 0.717) is 11.1 Å². The molecule has 0 amide bonds. The third-order valence-electron chi connectivity index (χ3n) is 1.96. The summed E-state index contributed by atoms with van der Waals surface area (Å²) in [6.45, 7) is 1.20. The molecule has 0 fully saturated rings. The molecule has 0 aliphatic rings. The summed E-state index contributed by atoms with van der Waals surface area (Å²) in [5.41, 5.74) is 0.785. The van der Waals surface area contributed by atoms with Gasteiger partial charge in [0.15, 0.2) is 5.78 Å². The van der Waals surface area contributed by atoms with E-state index in [1.165, 1.54) is 13.0 Å². The van der Waals surface area contributed by atoms with Crippen LogP contribution in [0.3, 0.4) is 0 Å². The molecule has 0 saturated carbocycles. The Bertz CT molecular complexity index is 476. The molecule has 80 valence electrons. The van der Waals surface area contributed by atoms with Gasteiger partial charge in [-0.1, -0.05) is 12.1 Å². The number of carboxylic acid groups (broad SMARTS) is 1. The van der Waals surface area contributed by atoms with Crippen molar-refractivity contribution in [1.82, 2.24) is 0 Å². The fourth-order valence-corrected chi connectivity index (χ4v) is 1.13. The minimum atomic E-state index is -1.25. The summed E-state index contributed by atoms with van der Waals surface area (Å²) in [5, 5.41) is 17.3. The third-order valence-corrected chi connectivity index (χ3v) is 1.96. The van der Waals surface area contributed by atoms with Crippen molar-refractivity contribution < 1.29 is 14.7 Å². The number of benzene rings is 1. The Morgan fingerprint density at radius 3 is 2.25 bits per heavy atom. The molecule has 1 aromatic rings. The number of Topliss-reactive ketones (excluding diaryl/α,β-unsaturated/α-hetero) is 1. The molecule has 0 aliphatic heterocycles. The molecule has 0 aromatic heterocycles. The zero-order chi connectivity index (χ0) is 12.1. The Kier molecular flexibility index (Phi) is 3.57. The number of hydrogen-bond donors (Lipinski definition) is 1. The summed E-state index contributed by atoms with van der Waals surface area (Å²) >= 11 is 0. The average molecular weight is 215 g/mol. The highest BCUT2D eigenvalue weighted by Gasteiger charge is 2.12. The molecule has 1 aromatic carbocycles. The molecule has 16 heavy (non-hydrogen) atoms. The zero-order valence-electron chi connectivity index (χ0n) is 8.60. The third kappa shape index (κ3) is 2.79. The molecule has 0 spiro atoms. The molecule has 0 atom stereocenters. The number of aliphatic carboxylic acids is 1. The number of carbonyl (C=O) groups excluding carboxylic acids is 1. The molecular weight excluding hydrogens is 206 g/mol. The van der Waals surface area contributed by atoms with Crippen molar-refractivity contribution in [2.24, 2.45) is 0 Å². The molecule has 1 N–H and O–H groups in total. The van der Waals surface area contributed by atoms with Gasteiger partial charge in [0.05, 0.1) is 11.6 Å². The predicted molar refractivity (Wildman–Crippen MR) is 57.5 cm³/mol. The second kappa shape index (κ2) is 4.89. The van der Waals surface area contributed by atoms with Gasteiger partial charge in [0.2, 0.25) is 0 Å². The number of carbonyl (C=O) groups is 2.